The van der Waals surface area contributed by atoms with Crippen molar-refractivity contribution in [3.8, 4) is 11.5 Å². The van der Waals surface area contributed by atoms with Crippen molar-refractivity contribution in [2.24, 2.45) is 0 Å². The first kappa shape index (κ1) is 15.9. The number of oxazole rings is 1. The molecule has 7 heteroatoms. The van der Waals surface area contributed by atoms with E-state index in [2.05, 4.69) is 10.3 Å². The van der Waals surface area contributed by atoms with Gasteiger partial charge in [-0.25, -0.2) is 4.98 Å². The first-order valence-electron chi connectivity index (χ1n) is 7.09. The Kier molecular flexibility index (Phi) is 4.90. The number of nitrogens with one attached hydrogen (secondary N) is 1. The van der Waals surface area contributed by atoms with Gasteiger partial charge in [0.05, 0.1) is 18.2 Å². The van der Waals surface area contributed by atoms with Crippen LogP contribution in [-0.2, 0) is 11.2 Å². The molecule has 1 atom stereocenters. The van der Waals surface area contributed by atoms with Gasteiger partial charge in [0.1, 0.15) is 5.76 Å². The van der Waals surface area contributed by atoms with Crippen molar-refractivity contribution < 1.29 is 14.3 Å². The number of hydrogen-bond donors (Lipinski definition) is 2. The molecule has 120 valence electrons. The minimum absolute atomic E-state index is 0.135. The summed E-state index contributed by atoms with van der Waals surface area (Å²) in [4.78, 5) is 16.4. The van der Waals surface area contributed by atoms with Crippen molar-refractivity contribution >= 4 is 28.6 Å². The van der Waals surface area contributed by atoms with Crippen LogP contribution in [0.2, 0.25) is 0 Å². The summed E-state index contributed by atoms with van der Waals surface area (Å²) < 4.78 is 5.61. The summed E-state index contributed by atoms with van der Waals surface area (Å²) in [7, 11) is 0. The van der Waals surface area contributed by atoms with Gasteiger partial charge in [0.25, 0.3) is 0 Å². The predicted molar refractivity (Wildman–Crippen MR) is 90.5 cm³/mol. The average Bonchev–Trinajstić information content (AvgIpc) is 3.27. The van der Waals surface area contributed by atoms with Crippen LogP contribution in [0.25, 0.3) is 11.5 Å². The van der Waals surface area contributed by atoms with Gasteiger partial charge in [0, 0.05) is 17.5 Å². The first-order chi connectivity index (χ1) is 11.1. The summed E-state index contributed by atoms with van der Waals surface area (Å²) in [6.07, 6.45) is -0.555. The molecule has 0 saturated heterocycles. The zero-order valence-electron chi connectivity index (χ0n) is 12.5. The Labute approximate surface area is 141 Å². The number of carbonyl (C=O) groups is 1. The van der Waals surface area contributed by atoms with Crippen LogP contribution in [0.1, 0.15) is 23.1 Å². The van der Waals surface area contributed by atoms with Gasteiger partial charge >= 0.3 is 0 Å². The average molecular weight is 348 g/mol. The zero-order chi connectivity index (χ0) is 16.2. The summed E-state index contributed by atoms with van der Waals surface area (Å²) in [5, 5.41) is 20.4. The molecule has 0 radical (unpaired) electrons. The normalized spacial score (nSPS) is 12.3. The number of aryl methyl sites for hydroxylation is 1. The van der Waals surface area contributed by atoms with Crippen LogP contribution in [0, 0.1) is 6.92 Å². The molecule has 0 aliphatic carbocycles. The van der Waals surface area contributed by atoms with Gasteiger partial charge in [-0.05, 0) is 40.8 Å². The van der Waals surface area contributed by atoms with Gasteiger partial charge in [-0.1, -0.05) is 0 Å². The highest BCUT2D eigenvalue weighted by atomic mass is 32.1. The van der Waals surface area contributed by atoms with Crippen LogP contribution >= 0.6 is 22.7 Å². The molecule has 0 fully saturated rings. The van der Waals surface area contributed by atoms with Crippen molar-refractivity contribution in [1.82, 2.24) is 10.3 Å². The minimum Gasteiger partial charge on any atom is -0.441 e. The summed E-state index contributed by atoms with van der Waals surface area (Å²) in [5.41, 5.74) is 2.35. The van der Waals surface area contributed by atoms with Crippen molar-refractivity contribution in [3.63, 3.8) is 0 Å². The standard InChI is InChI=1S/C16H16N2O3S2/c1-10-13(18-16(21-10)12-3-5-23-9-12)6-15(20)17-7-14(19)11-2-4-22-8-11/h2-5,8-9,14,19H,6-7H2,1H3,(H,17,20). The fourth-order valence-electron chi connectivity index (χ4n) is 2.11. The molecule has 1 unspecified atom stereocenters. The van der Waals surface area contributed by atoms with Crippen LogP contribution < -0.4 is 5.32 Å². The van der Waals surface area contributed by atoms with Crippen molar-refractivity contribution in [3.05, 3.63) is 50.7 Å². The molecule has 0 saturated carbocycles. The number of rotatable bonds is 6. The lowest BCUT2D eigenvalue weighted by atomic mass is 10.2. The lowest BCUT2D eigenvalue weighted by Gasteiger charge is -2.10. The van der Waals surface area contributed by atoms with Gasteiger partial charge in [-0.2, -0.15) is 22.7 Å². The first-order valence-corrected chi connectivity index (χ1v) is 8.98. The van der Waals surface area contributed by atoms with Gasteiger partial charge in [-0.15, -0.1) is 0 Å². The molecule has 3 aromatic rings. The second kappa shape index (κ2) is 7.08. The van der Waals surface area contributed by atoms with E-state index in [1.54, 1.807) is 18.3 Å². The monoisotopic (exact) mass is 348 g/mol. The number of thiophene rings is 2. The molecule has 0 aliphatic rings. The van der Waals surface area contributed by atoms with Crippen molar-refractivity contribution in [2.75, 3.05) is 6.54 Å². The van der Waals surface area contributed by atoms with E-state index in [9.17, 15) is 9.90 Å². The third-order valence-electron chi connectivity index (χ3n) is 3.41. The Hall–Kier alpha value is -1.96. The van der Waals surface area contributed by atoms with Gasteiger partial charge in [0.15, 0.2) is 0 Å². The molecular weight excluding hydrogens is 332 g/mol. The zero-order valence-corrected chi connectivity index (χ0v) is 14.1. The molecule has 23 heavy (non-hydrogen) atoms. The molecule has 3 rings (SSSR count). The molecule has 0 spiro atoms. The Bertz CT molecular complexity index is 763. The van der Waals surface area contributed by atoms with E-state index in [4.69, 9.17) is 4.42 Å². The van der Waals surface area contributed by atoms with Crippen LogP contribution in [0.15, 0.2) is 38.1 Å². The Balaban J connectivity index is 1.58. The molecule has 1 amide bonds. The third kappa shape index (κ3) is 3.87. The molecular formula is C16H16N2O3S2. The molecule has 0 bridgehead atoms. The molecule has 2 N–H and O–H groups in total. The van der Waals surface area contributed by atoms with Crippen LogP contribution in [0.5, 0.6) is 0 Å². The number of nitrogens with zero attached hydrogens (tertiary/aromatic N) is 1. The quantitative estimate of drug-likeness (QED) is 0.717. The van der Waals surface area contributed by atoms with Crippen molar-refractivity contribution in [1.29, 1.82) is 0 Å². The number of hydrogen-bond acceptors (Lipinski definition) is 6. The molecule has 5 nitrogen and oxygen atoms in total. The highest BCUT2D eigenvalue weighted by Gasteiger charge is 2.16. The highest BCUT2D eigenvalue weighted by Crippen LogP contribution is 2.24. The van der Waals surface area contributed by atoms with E-state index in [0.717, 1.165) is 11.1 Å². The summed E-state index contributed by atoms with van der Waals surface area (Å²) in [6, 6.07) is 3.77. The van der Waals surface area contributed by atoms with E-state index in [1.165, 1.54) is 11.3 Å². The van der Waals surface area contributed by atoms with E-state index >= 15 is 0 Å². The molecule has 3 aromatic heterocycles. The van der Waals surface area contributed by atoms with E-state index in [-0.39, 0.29) is 18.9 Å². The number of aromatic nitrogens is 1. The Morgan fingerprint density at radius 1 is 1.35 bits per heavy atom. The molecule has 0 aliphatic heterocycles. The molecule has 3 heterocycles. The predicted octanol–water partition coefficient (Wildman–Crippen LogP) is 3.17. The maximum Gasteiger partial charge on any atom is 0.227 e. The van der Waals surface area contributed by atoms with Crippen molar-refractivity contribution in [2.45, 2.75) is 19.4 Å². The molecule has 0 aromatic carbocycles. The number of carbonyl (C=O) groups excluding carboxylic acids is 1. The number of aliphatic hydroxyl groups is 1. The maximum absolute atomic E-state index is 12.0. The summed E-state index contributed by atoms with van der Waals surface area (Å²) in [5.74, 6) is 0.983. The minimum atomic E-state index is -0.690. The van der Waals surface area contributed by atoms with E-state index in [1.807, 2.05) is 33.7 Å². The fourth-order valence-corrected chi connectivity index (χ4v) is 3.45. The summed E-state index contributed by atoms with van der Waals surface area (Å²) >= 11 is 3.08. The summed E-state index contributed by atoms with van der Waals surface area (Å²) in [6.45, 7) is 1.98. The van der Waals surface area contributed by atoms with E-state index < -0.39 is 6.10 Å². The van der Waals surface area contributed by atoms with Gasteiger partial charge in [-0.3, -0.25) is 4.79 Å². The van der Waals surface area contributed by atoms with E-state index in [0.29, 0.717) is 17.3 Å². The van der Waals surface area contributed by atoms with Gasteiger partial charge < -0.3 is 14.8 Å². The largest absolute Gasteiger partial charge is 0.441 e. The van der Waals surface area contributed by atoms with Crippen LogP contribution in [-0.4, -0.2) is 22.5 Å². The smallest absolute Gasteiger partial charge is 0.227 e. The highest BCUT2D eigenvalue weighted by molar-refractivity contribution is 7.08. The van der Waals surface area contributed by atoms with Crippen LogP contribution in [0.4, 0.5) is 0 Å². The lowest BCUT2D eigenvalue weighted by molar-refractivity contribution is -0.121. The number of amides is 1. The topological polar surface area (TPSA) is 75.4 Å². The third-order valence-corrected chi connectivity index (χ3v) is 4.79. The van der Waals surface area contributed by atoms with Crippen LogP contribution in [0.3, 0.4) is 0 Å². The maximum atomic E-state index is 12.0. The lowest BCUT2D eigenvalue weighted by Crippen LogP contribution is -2.29. The second-order valence-corrected chi connectivity index (χ2v) is 6.65. The second-order valence-electron chi connectivity index (χ2n) is 5.09. The fraction of sp³-hybridized carbons (Fsp3) is 0.250. The van der Waals surface area contributed by atoms with Gasteiger partial charge in [0.2, 0.25) is 11.8 Å². The SMILES string of the molecule is Cc1oc(-c2ccsc2)nc1CC(=O)NCC(O)c1ccsc1. The Morgan fingerprint density at radius 3 is 2.83 bits per heavy atom. The Morgan fingerprint density at radius 2 is 2.13 bits per heavy atom. The number of aliphatic hydroxyl groups excluding tert-OH is 1.